The Balaban J connectivity index is 1.62. The first-order chi connectivity index (χ1) is 17.7. The lowest BCUT2D eigenvalue weighted by molar-refractivity contribution is 0.0909. The molecule has 2 aromatic carbocycles. The van der Waals surface area contributed by atoms with Crippen molar-refractivity contribution in [2.24, 2.45) is 0 Å². The first-order valence-electron chi connectivity index (χ1n) is 12.2. The monoisotopic (exact) mass is 467 g/mol. The number of carbonyl (C=O) groups excluding carboxylic acids is 1. The summed E-state index contributed by atoms with van der Waals surface area (Å²) < 4.78 is 1.86. The van der Waals surface area contributed by atoms with E-state index in [9.17, 15) is 4.79 Å². The fourth-order valence-corrected chi connectivity index (χ4v) is 4.25. The molecule has 0 bridgehead atoms. The molecule has 3 aromatic heterocycles. The van der Waals surface area contributed by atoms with E-state index in [0.29, 0.717) is 6.42 Å². The summed E-state index contributed by atoms with van der Waals surface area (Å²) in [7, 11) is 0. The van der Waals surface area contributed by atoms with Crippen molar-refractivity contribution in [3.63, 3.8) is 0 Å². The van der Waals surface area contributed by atoms with Crippen molar-refractivity contribution in [2.45, 2.75) is 32.6 Å². The predicted molar refractivity (Wildman–Crippen MR) is 145 cm³/mol. The van der Waals surface area contributed by atoms with E-state index < -0.39 is 0 Å². The number of benzene rings is 2. The van der Waals surface area contributed by atoms with Gasteiger partial charge in [-0.2, -0.15) is 0 Å². The standard InChI is InChI=1S/C32H25N3O/c1-2-3-4-9-32(36)35-30-16-14-24(10-12-26-7-5-18-33-22-26)20-28(30)29-21-25(15-17-31(29)35)11-13-27-8-6-19-34-23-27/h5-8,14-23H,2-4,9H2,1H3. The summed E-state index contributed by atoms with van der Waals surface area (Å²) in [5, 5.41) is 1.99. The average Bonchev–Trinajstić information content (AvgIpc) is 3.25. The van der Waals surface area contributed by atoms with Crippen molar-refractivity contribution in [3.05, 3.63) is 108 Å². The predicted octanol–water partition coefficient (Wildman–Crippen LogP) is 6.60. The molecule has 0 aliphatic rings. The molecule has 0 fully saturated rings. The molecular weight excluding hydrogens is 442 g/mol. The summed E-state index contributed by atoms with van der Waals surface area (Å²) in [5.41, 5.74) is 5.29. The molecule has 0 radical (unpaired) electrons. The Morgan fingerprint density at radius 3 is 1.72 bits per heavy atom. The average molecular weight is 468 g/mol. The zero-order chi connectivity index (χ0) is 24.7. The molecule has 0 saturated heterocycles. The molecule has 0 saturated carbocycles. The Labute approximate surface area is 211 Å². The summed E-state index contributed by atoms with van der Waals surface area (Å²) >= 11 is 0. The van der Waals surface area contributed by atoms with Gasteiger partial charge < -0.3 is 0 Å². The molecule has 0 aliphatic carbocycles. The maximum Gasteiger partial charge on any atom is 0.231 e. The van der Waals surface area contributed by atoms with E-state index in [-0.39, 0.29) is 5.91 Å². The van der Waals surface area contributed by atoms with Crippen molar-refractivity contribution < 1.29 is 4.79 Å². The van der Waals surface area contributed by atoms with Crippen LogP contribution in [0.2, 0.25) is 0 Å². The van der Waals surface area contributed by atoms with Crippen LogP contribution in [0.3, 0.4) is 0 Å². The molecule has 174 valence electrons. The van der Waals surface area contributed by atoms with Gasteiger partial charge in [0.1, 0.15) is 0 Å². The van der Waals surface area contributed by atoms with Crippen LogP contribution in [0.25, 0.3) is 21.8 Å². The van der Waals surface area contributed by atoms with Crippen molar-refractivity contribution in [1.82, 2.24) is 14.5 Å². The van der Waals surface area contributed by atoms with Crippen LogP contribution in [0, 0.1) is 23.7 Å². The van der Waals surface area contributed by atoms with Crippen LogP contribution in [0.15, 0.2) is 85.5 Å². The maximum absolute atomic E-state index is 13.3. The van der Waals surface area contributed by atoms with Crippen LogP contribution in [-0.2, 0) is 0 Å². The quantitative estimate of drug-likeness (QED) is 0.221. The fourth-order valence-electron chi connectivity index (χ4n) is 4.25. The molecule has 3 heterocycles. The van der Waals surface area contributed by atoms with Crippen molar-refractivity contribution in [3.8, 4) is 23.7 Å². The van der Waals surface area contributed by atoms with Crippen LogP contribution in [-0.4, -0.2) is 20.4 Å². The molecule has 36 heavy (non-hydrogen) atoms. The Kier molecular flexibility index (Phi) is 6.88. The van der Waals surface area contributed by atoms with E-state index in [4.69, 9.17) is 0 Å². The second-order valence-electron chi connectivity index (χ2n) is 8.63. The van der Waals surface area contributed by atoms with Crippen LogP contribution in [0.5, 0.6) is 0 Å². The Morgan fingerprint density at radius 2 is 1.25 bits per heavy atom. The number of rotatable bonds is 4. The zero-order valence-electron chi connectivity index (χ0n) is 20.2. The first-order valence-corrected chi connectivity index (χ1v) is 12.2. The SMILES string of the molecule is CCCCCC(=O)n1c2ccc(C#Cc3cccnc3)cc2c2cc(C#Cc3cccnc3)ccc21. The highest BCUT2D eigenvalue weighted by molar-refractivity contribution is 6.14. The molecule has 4 nitrogen and oxygen atoms in total. The number of nitrogens with zero attached hydrogens (tertiary/aromatic N) is 3. The second-order valence-corrected chi connectivity index (χ2v) is 8.63. The summed E-state index contributed by atoms with van der Waals surface area (Å²) in [6.45, 7) is 2.15. The summed E-state index contributed by atoms with van der Waals surface area (Å²) in [6, 6.07) is 19.7. The van der Waals surface area contributed by atoms with Crippen LogP contribution in [0.1, 0.15) is 59.7 Å². The van der Waals surface area contributed by atoms with Crippen molar-refractivity contribution in [2.75, 3.05) is 0 Å². The largest absolute Gasteiger partial charge is 0.280 e. The van der Waals surface area contributed by atoms with Gasteiger partial charge in [-0.15, -0.1) is 0 Å². The minimum absolute atomic E-state index is 0.117. The highest BCUT2D eigenvalue weighted by Gasteiger charge is 2.16. The van der Waals surface area contributed by atoms with E-state index in [1.807, 2.05) is 53.1 Å². The van der Waals surface area contributed by atoms with Crippen LogP contribution >= 0.6 is 0 Å². The minimum Gasteiger partial charge on any atom is -0.280 e. The Hall–Kier alpha value is -4.67. The van der Waals surface area contributed by atoms with E-state index in [1.54, 1.807) is 24.8 Å². The number of hydrogen-bond donors (Lipinski definition) is 0. The number of carbonyl (C=O) groups is 1. The highest BCUT2D eigenvalue weighted by atomic mass is 16.2. The molecule has 0 amide bonds. The minimum atomic E-state index is 0.117. The smallest absolute Gasteiger partial charge is 0.231 e. The van der Waals surface area contributed by atoms with Crippen LogP contribution in [0.4, 0.5) is 0 Å². The van der Waals surface area contributed by atoms with Gasteiger partial charge in [0.2, 0.25) is 5.91 Å². The summed E-state index contributed by atoms with van der Waals surface area (Å²) in [5.74, 6) is 12.9. The van der Waals surface area contributed by atoms with Gasteiger partial charge in [0, 0.05) is 64.2 Å². The lowest BCUT2D eigenvalue weighted by Gasteiger charge is -2.06. The van der Waals surface area contributed by atoms with E-state index in [1.165, 1.54) is 0 Å². The van der Waals surface area contributed by atoms with Gasteiger partial charge in [-0.1, -0.05) is 43.4 Å². The highest BCUT2D eigenvalue weighted by Crippen LogP contribution is 2.31. The number of pyridine rings is 2. The van der Waals surface area contributed by atoms with Gasteiger partial charge in [-0.05, 0) is 67.1 Å². The fraction of sp³-hybridized carbons (Fsp3) is 0.156. The third-order valence-electron chi connectivity index (χ3n) is 6.03. The number of hydrogen-bond acceptors (Lipinski definition) is 3. The lowest BCUT2D eigenvalue weighted by atomic mass is 10.1. The molecule has 4 heteroatoms. The Bertz CT molecular complexity index is 1550. The van der Waals surface area contributed by atoms with E-state index >= 15 is 0 Å². The van der Waals surface area contributed by atoms with E-state index in [2.05, 4.69) is 52.7 Å². The molecule has 0 N–H and O–H groups in total. The molecular formula is C32H25N3O. The third-order valence-corrected chi connectivity index (χ3v) is 6.03. The molecule has 0 aliphatic heterocycles. The molecule has 0 unspecified atom stereocenters. The number of aromatic nitrogens is 3. The molecule has 0 atom stereocenters. The molecule has 5 aromatic rings. The normalized spacial score (nSPS) is 10.5. The number of fused-ring (bicyclic) bond motifs is 3. The number of unbranched alkanes of at least 4 members (excludes halogenated alkanes) is 2. The topological polar surface area (TPSA) is 47.8 Å². The lowest BCUT2D eigenvalue weighted by Crippen LogP contribution is -2.09. The summed E-state index contributed by atoms with van der Waals surface area (Å²) in [6.07, 6.45) is 10.5. The zero-order valence-corrected chi connectivity index (χ0v) is 20.2. The van der Waals surface area contributed by atoms with Gasteiger partial charge in [0.15, 0.2) is 0 Å². The third kappa shape index (κ3) is 5.04. The van der Waals surface area contributed by atoms with E-state index in [0.717, 1.165) is 63.3 Å². The Morgan fingerprint density at radius 1 is 0.722 bits per heavy atom. The van der Waals surface area contributed by atoms with Gasteiger partial charge >= 0.3 is 0 Å². The van der Waals surface area contributed by atoms with Gasteiger partial charge in [-0.3, -0.25) is 19.3 Å². The van der Waals surface area contributed by atoms with Gasteiger partial charge in [-0.25, -0.2) is 0 Å². The van der Waals surface area contributed by atoms with Crippen molar-refractivity contribution in [1.29, 1.82) is 0 Å². The van der Waals surface area contributed by atoms with Gasteiger partial charge in [0.05, 0.1) is 11.0 Å². The van der Waals surface area contributed by atoms with Crippen molar-refractivity contribution >= 4 is 27.7 Å². The maximum atomic E-state index is 13.3. The second kappa shape index (κ2) is 10.7. The first kappa shape index (κ1) is 23.1. The summed E-state index contributed by atoms with van der Waals surface area (Å²) in [4.78, 5) is 21.6. The molecule has 0 spiro atoms. The van der Waals surface area contributed by atoms with Gasteiger partial charge in [0.25, 0.3) is 0 Å². The van der Waals surface area contributed by atoms with Crippen LogP contribution < -0.4 is 0 Å². The molecule has 5 rings (SSSR count).